The normalized spacial score (nSPS) is 18.9. The lowest BCUT2D eigenvalue weighted by atomic mass is 9.80. The van der Waals surface area contributed by atoms with Crippen LogP contribution >= 0.6 is 0 Å². The van der Waals surface area contributed by atoms with Crippen LogP contribution in [0.3, 0.4) is 0 Å². The summed E-state index contributed by atoms with van der Waals surface area (Å²) < 4.78 is 0. The lowest BCUT2D eigenvalue weighted by Gasteiger charge is -2.25. The summed E-state index contributed by atoms with van der Waals surface area (Å²) in [6.07, 6.45) is 6.64. The van der Waals surface area contributed by atoms with Crippen molar-refractivity contribution in [2.24, 2.45) is 0 Å². The van der Waals surface area contributed by atoms with E-state index in [1.54, 1.807) is 18.2 Å². The van der Waals surface area contributed by atoms with E-state index in [0.29, 0.717) is 23.3 Å². The predicted octanol–water partition coefficient (Wildman–Crippen LogP) is 5.96. The van der Waals surface area contributed by atoms with Gasteiger partial charge in [-0.15, -0.1) is 0 Å². The van der Waals surface area contributed by atoms with Crippen LogP contribution in [0.25, 0.3) is 5.57 Å². The fourth-order valence-corrected chi connectivity index (χ4v) is 3.60. The molecule has 0 saturated carbocycles. The summed E-state index contributed by atoms with van der Waals surface area (Å²) in [4.78, 5) is 0. The van der Waals surface area contributed by atoms with Crippen molar-refractivity contribution in [1.82, 2.24) is 0 Å². The van der Waals surface area contributed by atoms with E-state index in [-0.39, 0.29) is 0 Å². The average molecular weight is 322 g/mol. The first-order valence-electron chi connectivity index (χ1n) is 8.89. The predicted molar refractivity (Wildman–Crippen MR) is 99.5 cm³/mol. The van der Waals surface area contributed by atoms with Crippen LogP contribution in [0.4, 0.5) is 0 Å². The van der Waals surface area contributed by atoms with Gasteiger partial charge in [-0.3, -0.25) is 0 Å². The highest BCUT2D eigenvalue weighted by molar-refractivity contribution is 5.70. The van der Waals surface area contributed by atoms with E-state index >= 15 is 0 Å². The smallest absolute Gasteiger partial charge is 0.115 e. The standard InChI is InChI=1S/C22H26O2/c1-3-15(2)22-14-20(24)12-13-21(22)18-6-4-16(5-7-18)17-8-10-19(23)11-9-17/h6,8-16,23-24H,3-5,7H2,1-2H3. The Kier molecular flexibility index (Phi) is 4.94. The molecule has 2 unspecified atom stereocenters. The fourth-order valence-electron chi connectivity index (χ4n) is 3.60. The second-order valence-corrected chi connectivity index (χ2v) is 6.87. The zero-order chi connectivity index (χ0) is 17.1. The molecule has 0 spiro atoms. The molecule has 126 valence electrons. The van der Waals surface area contributed by atoms with Gasteiger partial charge in [-0.1, -0.05) is 38.1 Å². The van der Waals surface area contributed by atoms with E-state index in [4.69, 9.17) is 0 Å². The SMILES string of the molecule is CCC(C)c1cc(O)ccc1C1=CCC(c2ccc(O)cc2)CC1. The Hall–Kier alpha value is -2.22. The van der Waals surface area contributed by atoms with Crippen LogP contribution in [-0.4, -0.2) is 10.2 Å². The molecule has 2 aromatic rings. The third kappa shape index (κ3) is 3.48. The summed E-state index contributed by atoms with van der Waals surface area (Å²) in [6, 6.07) is 13.4. The number of hydrogen-bond donors (Lipinski definition) is 2. The number of phenols is 2. The van der Waals surface area contributed by atoms with Crippen molar-refractivity contribution in [1.29, 1.82) is 0 Å². The van der Waals surface area contributed by atoms with Crippen LogP contribution in [0.15, 0.2) is 48.5 Å². The maximum absolute atomic E-state index is 9.85. The highest BCUT2D eigenvalue weighted by Crippen LogP contribution is 2.39. The second kappa shape index (κ2) is 7.12. The summed E-state index contributed by atoms with van der Waals surface area (Å²) >= 11 is 0. The van der Waals surface area contributed by atoms with Gasteiger partial charge in [0.1, 0.15) is 11.5 Å². The summed E-state index contributed by atoms with van der Waals surface area (Å²) in [7, 11) is 0. The molecule has 0 aliphatic heterocycles. The van der Waals surface area contributed by atoms with E-state index in [1.165, 1.54) is 22.3 Å². The van der Waals surface area contributed by atoms with Gasteiger partial charge >= 0.3 is 0 Å². The molecule has 0 aromatic heterocycles. The minimum Gasteiger partial charge on any atom is -0.508 e. The lowest BCUT2D eigenvalue weighted by Crippen LogP contribution is -2.06. The van der Waals surface area contributed by atoms with Crippen molar-refractivity contribution in [2.75, 3.05) is 0 Å². The summed E-state index contributed by atoms with van der Waals surface area (Å²) in [5, 5.41) is 19.3. The number of hydrogen-bond acceptors (Lipinski definition) is 2. The number of benzene rings is 2. The molecule has 2 aromatic carbocycles. The third-order valence-electron chi connectivity index (χ3n) is 5.30. The van der Waals surface area contributed by atoms with E-state index in [2.05, 4.69) is 26.0 Å². The Bertz CT molecular complexity index is 728. The molecule has 2 N–H and O–H groups in total. The molecule has 0 bridgehead atoms. The molecule has 24 heavy (non-hydrogen) atoms. The van der Waals surface area contributed by atoms with Gasteiger partial charge in [0.25, 0.3) is 0 Å². The highest BCUT2D eigenvalue weighted by atomic mass is 16.3. The van der Waals surface area contributed by atoms with E-state index in [9.17, 15) is 10.2 Å². The van der Waals surface area contributed by atoms with Gasteiger partial charge in [-0.2, -0.15) is 0 Å². The number of aromatic hydroxyl groups is 2. The highest BCUT2D eigenvalue weighted by Gasteiger charge is 2.20. The topological polar surface area (TPSA) is 40.5 Å². The zero-order valence-corrected chi connectivity index (χ0v) is 14.5. The Morgan fingerprint density at radius 2 is 1.75 bits per heavy atom. The zero-order valence-electron chi connectivity index (χ0n) is 14.5. The van der Waals surface area contributed by atoms with Crippen molar-refractivity contribution >= 4 is 5.57 Å². The molecule has 0 heterocycles. The van der Waals surface area contributed by atoms with Gasteiger partial charge in [0.15, 0.2) is 0 Å². The summed E-state index contributed by atoms with van der Waals surface area (Å²) in [5.74, 6) is 1.65. The van der Waals surface area contributed by atoms with Gasteiger partial charge in [0.05, 0.1) is 0 Å². The van der Waals surface area contributed by atoms with Gasteiger partial charge in [-0.05, 0) is 84.0 Å². The van der Waals surface area contributed by atoms with E-state index in [0.717, 1.165) is 25.7 Å². The number of phenolic OH excluding ortho intramolecular Hbond substituents is 2. The first kappa shape index (κ1) is 16.6. The molecular weight excluding hydrogens is 296 g/mol. The van der Waals surface area contributed by atoms with Crippen LogP contribution in [0.2, 0.25) is 0 Å². The largest absolute Gasteiger partial charge is 0.508 e. The Labute approximate surface area is 144 Å². The quantitative estimate of drug-likeness (QED) is 0.729. The van der Waals surface area contributed by atoms with Crippen molar-refractivity contribution in [3.05, 3.63) is 65.2 Å². The van der Waals surface area contributed by atoms with Crippen molar-refractivity contribution in [3.8, 4) is 11.5 Å². The van der Waals surface area contributed by atoms with Gasteiger partial charge in [0, 0.05) is 0 Å². The van der Waals surface area contributed by atoms with Gasteiger partial charge in [-0.25, -0.2) is 0 Å². The molecule has 1 aliphatic rings. The van der Waals surface area contributed by atoms with Crippen LogP contribution in [0.5, 0.6) is 11.5 Å². The molecule has 0 amide bonds. The number of rotatable bonds is 4. The van der Waals surface area contributed by atoms with Crippen LogP contribution in [-0.2, 0) is 0 Å². The molecule has 1 aliphatic carbocycles. The van der Waals surface area contributed by atoms with E-state index in [1.807, 2.05) is 18.2 Å². The van der Waals surface area contributed by atoms with Crippen LogP contribution in [0.1, 0.15) is 68.1 Å². The van der Waals surface area contributed by atoms with Gasteiger partial charge in [0.2, 0.25) is 0 Å². The van der Waals surface area contributed by atoms with Crippen LogP contribution in [0, 0.1) is 0 Å². The monoisotopic (exact) mass is 322 g/mol. The average Bonchev–Trinajstić information content (AvgIpc) is 2.62. The number of allylic oxidation sites excluding steroid dienone is 2. The molecule has 0 fully saturated rings. The van der Waals surface area contributed by atoms with Crippen molar-refractivity contribution in [3.63, 3.8) is 0 Å². The van der Waals surface area contributed by atoms with E-state index < -0.39 is 0 Å². The molecule has 3 rings (SSSR count). The van der Waals surface area contributed by atoms with Crippen LogP contribution < -0.4 is 0 Å². The Balaban J connectivity index is 1.83. The Morgan fingerprint density at radius 3 is 2.38 bits per heavy atom. The van der Waals surface area contributed by atoms with Crippen molar-refractivity contribution in [2.45, 2.75) is 51.4 Å². The first-order chi connectivity index (χ1) is 11.6. The molecular formula is C22H26O2. The second-order valence-electron chi connectivity index (χ2n) is 6.87. The summed E-state index contributed by atoms with van der Waals surface area (Å²) in [5.41, 5.74) is 5.26. The minimum atomic E-state index is 0.327. The summed E-state index contributed by atoms with van der Waals surface area (Å²) in [6.45, 7) is 4.41. The molecule has 2 heteroatoms. The first-order valence-corrected chi connectivity index (χ1v) is 8.89. The molecule has 2 atom stereocenters. The lowest BCUT2D eigenvalue weighted by molar-refractivity contribution is 0.473. The minimum absolute atomic E-state index is 0.327. The molecule has 0 radical (unpaired) electrons. The maximum atomic E-state index is 9.85. The molecule has 0 saturated heterocycles. The maximum Gasteiger partial charge on any atom is 0.115 e. The Morgan fingerprint density at radius 1 is 1.04 bits per heavy atom. The fraction of sp³-hybridized carbons (Fsp3) is 0.364. The molecule has 2 nitrogen and oxygen atoms in total. The van der Waals surface area contributed by atoms with Crippen molar-refractivity contribution < 1.29 is 10.2 Å². The third-order valence-corrected chi connectivity index (χ3v) is 5.30. The van der Waals surface area contributed by atoms with Gasteiger partial charge < -0.3 is 10.2 Å².